The van der Waals surface area contributed by atoms with Crippen molar-refractivity contribution in [1.29, 1.82) is 0 Å². The van der Waals surface area contributed by atoms with Crippen molar-refractivity contribution in [3.63, 3.8) is 0 Å². The maximum atomic E-state index is 10.3. The Bertz CT molecular complexity index is 331. The number of hydrogen-bond donors (Lipinski definition) is 1. The van der Waals surface area contributed by atoms with Crippen LogP contribution < -0.4 is 0 Å². The molecule has 0 spiro atoms. The minimum absolute atomic E-state index is 0.234. The lowest BCUT2D eigenvalue weighted by atomic mass is 10.1. The molecule has 0 aromatic carbocycles. The second-order valence-corrected chi connectivity index (χ2v) is 6.76. The van der Waals surface area contributed by atoms with Crippen LogP contribution in [0.2, 0.25) is 0 Å². The summed E-state index contributed by atoms with van der Waals surface area (Å²) >= 11 is 0. The second-order valence-electron chi connectivity index (χ2n) is 3.67. The molecule has 97 valence electrons. The molecular formula is C8H17O6S2. The molecule has 0 heterocycles. The van der Waals surface area contributed by atoms with Crippen molar-refractivity contribution in [3.8, 4) is 0 Å². The lowest BCUT2D eigenvalue weighted by Gasteiger charge is -1.99. The Morgan fingerprint density at radius 1 is 0.688 bits per heavy atom. The summed E-state index contributed by atoms with van der Waals surface area (Å²) in [4.78, 5) is 0. The Morgan fingerprint density at radius 3 is 1.44 bits per heavy atom. The van der Waals surface area contributed by atoms with E-state index in [9.17, 15) is 21.4 Å². The van der Waals surface area contributed by atoms with Crippen LogP contribution in [0.5, 0.6) is 0 Å². The van der Waals surface area contributed by atoms with Crippen molar-refractivity contribution in [2.45, 2.75) is 38.5 Å². The van der Waals surface area contributed by atoms with Crippen LogP contribution in [-0.2, 0) is 24.8 Å². The molecule has 0 amide bonds. The Morgan fingerprint density at radius 2 is 1.06 bits per heavy atom. The number of rotatable bonds is 9. The van der Waals surface area contributed by atoms with Crippen LogP contribution in [0.4, 0.5) is 0 Å². The van der Waals surface area contributed by atoms with E-state index in [1.54, 1.807) is 0 Å². The van der Waals surface area contributed by atoms with E-state index in [1.807, 2.05) is 0 Å². The van der Waals surface area contributed by atoms with E-state index in [4.69, 9.17) is 4.55 Å². The lowest BCUT2D eigenvalue weighted by molar-refractivity contribution is 0.411. The van der Waals surface area contributed by atoms with Gasteiger partial charge in [-0.3, -0.25) is 4.55 Å². The molecule has 0 aromatic heterocycles. The third-order valence-electron chi connectivity index (χ3n) is 2.05. The molecule has 0 saturated heterocycles. The van der Waals surface area contributed by atoms with Gasteiger partial charge in [0.2, 0.25) is 0 Å². The molecule has 0 aliphatic heterocycles. The molecule has 0 saturated carbocycles. The molecule has 0 unspecified atom stereocenters. The van der Waals surface area contributed by atoms with Crippen molar-refractivity contribution in [2.75, 3.05) is 11.5 Å². The summed E-state index contributed by atoms with van der Waals surface area (Å²) in [5.74, 6) is -0.569. The Kier molecular flexibility index (Phi) is 7.12. The van der Waals surface area contributed by atoms with Crippen LogP contribution in [0.1, 0.15) is 38.5 Å². The van der Waals surface area contributed by atoms with E-state index < -0.39 is 20.2 Å². The van der Waals surface area contributed by atoms with Crippen molar-refractivity contribution in [1.82, 2.24) is 0 Å². The van der Waals surface area contributed by atoms with Gasteiger partial charge in [0.15, 0.2) is 0 Å². The van der Waals surface area contributed by atoms with Gasteiger partial charge in [-0.2, -0.15) is 16.8 Å². The molecule has 6 nitrogen and oxygen atoms in total. The molecule has 1 N–H and O–H groups in total. The fraction of sp³-hybridized carbons (Fsp3) is 1.00. The normalized spacial score (nSPS) is 12.9. The highest BCUT2D eigenvalue weighted by Gasteiger charge is 2.06. The summed E-state index contributed by atoms with van der Waals surface area (Å²) in [6, 6.07) is 0. The molecule has 0 aliphatic carbocycles. The molecular weight excluding hydrogens is 256 g/mol. The fourth-order valence-corrected chi connectivity index (χ4v) is 2.40. The maximum Gasteiger partial charge on any atom is 0.294 e. The topological polar surface area (TPSA) is 108 Å². The maximum absolute atomic E-state index is 10.3. The third-order valence-corrected chi connectivity index (χ3v) is 3.64. The molecule has 0 fully saturated rings. The van der Waals surface area contributed by atoms with Gasteiger partial charge in [-0.25, -0.2) is 0 Å². The van der Waals surface area contributed by atoms with Gasteiger partial charge in [0.25, 0.3) is 20.2 Å². The van der Waals surface area contributed by atoms with E-state index in [0.717, 1.165) is 12.8 Å². The molecule has 16 heavy (non-hydrogen) atoms. The highest BCUT2D eigenvalue weighted by atomic mass is 32.2. The monoisotopic (exact) mass is 273 g/mol. The average Bonchev–Trinajstić information content (AvgIpc) is 2.06. The highest BCUT2D eigenvalue weighted by Crippen LogP contribution is 2.07. The van der Waals surface area contributed by atoms with Crippen LogP contribution in [-0.4, -0.2) is 32.9 Å². The van der Waals surface area contributed by atoms with E-state index in [2.05, 4.69) is 0 Å². The first kappa shape index (κ1) is 15.8. The van der Waals surface area contributed by atoms with E-state index in [0.29, 0.717) is 25.7 Å². The summed E-state index contributed by atoms with van der Waals surface area (Å²) in [6.45, 7) is 0. The van der Waals surface area contributed by atoms with E-state index in [1.165, 1.54) is 0 Å². The van der Waals surface area contributed by atoms with E-state index in [-0.39, 0.29) is 11.5 Å². The standard InChI is InChI=1S/C8H17O6S2/c9-15(10,11)7-5-3-1-2-4-6-8-16(12,13)14/h1-8H2,(H,9,10,11). The average molecular weight is 273 g/mol. The minimum Gasteiger partial charge on any atom is -0.286 e. The summed E-state index contributed by atoms with van der Waals surface area (Å²) in [6.07, 6.45) is 3.61. The largest absolute Gasteiger partial charge is 0.294 e. The predicted octanol–water partition coefficient (Wildman–Crippen LogP) is 0.975. The zero-order chi connectivity index (χ0) is 12.7. The molecule has 8 heteroatoms. The van der Waals surface area contributed by atoms with Gasteiger partial charge in [-0.05, 0) is 12.8 Å². The van der Waals surface area contributed by atoms with Crippen molar-refractivity contribution >= 4 is 20.2 Å². The third kappa shape index (κ3) is 13.8. The van der Waals surface area contributed by atoms with E-state index >= 15 is 0 Å². The van der Waals surface area contributed by atoms with Crippen LogP contribution in [0.3, 0.4) is 0 Å². The molecule has 0 rings (SSSR count). The molecule has 0 aromatic rings. The van der Waals surface area contributed by atoms with Gasteiger partial charge in [-0.15, -0.1) is 0 Å². The van der Waals surface area contributed by atoms with Crippen molar-refractivity contribution in [2.24, 2.45) is 0 Å². The van der Waals surface area contributed by atoms with Crippen LogP contribution in [0.15, 0.2) is 0 Å². The first-order valence-corrected chi connectivity index (χ1v) is 8.28. The highest BCUT2D eigenvalue weighted by molar-refractivity contribution is 7.85. The second kappa shape index (κ2) is 7.21. The zero-order valence-corrected chi connectivity index (χ0v) is 10.6. The first-order valence-electron chi connectivity index (χ1n) is 5.09. The summed E-state index contributed by atoms with van der Waals surface area (Å²) in [5, 5.41) is 0. The number of unbranched alkanes of at least 4 members (excludes halogenated alkanes) is 5. The van der Waals surface area contributed by atoms with Crippen LogP contribution in [0.25, 0.3) is 0 Å². The Labute approximate surface area is 96.6 Å². The quantitative estimate of drug-likeness (QED) is 0.497. The van der Waals surface area contributed by atoms with Crippen LogP contribution in [0, 0.1) is 0 Å². The van der Waals surface area contributed by atoms with Crippen molar-refractivity contribution in [3.05, 3.63) is 0 Å². The smallest absolute Gasteiger partial charge is 0.286 e. The van der Waals surface area contributed by atoms with Crippen molar-refractivity contribution < 1.29 is 25.9 Å². The Hall–Kier alpha value is -0.180. The van der Waals surface area contributed by atoms with Gasteiger partial charge in [0.1, 0.15) is 0 Å². The SMILES string of the molecule is [O]S(=O)(=O)CCCCCCCCS(=O)(=O)O. The predicted molar refractivity (Wildman–Crippen MR) is 58.6 cm³/mol. The minimum atomic E-state index is -4.10. The van der Waals surface area contributed by atoms with Gasteiger partial charge >= 0.3 is 0 Å². The zero-order valence-electron chi connectivity index (χ0n) is 8.96. The molecule has 1 radical (unpaired) electrons. The van der Waals surface area contributed by atoms with Gasteiger partial charge in [-0.1, -0.05) is 30.2 Å². The van der Waals surface area contributed by atoms with Gasteiger partial charge < -0.3 is 0 Å². The molecule has 0 aliphatic rings. The lowest BCUT2D eigenvalue weighted by Crippen LogP contribution is -2.03. The first-order chi connectivity index (χ1) is 7.21. The summed E-state index contributed by atoms with van der Waals surface area (Å²) < 4.78 is 59.8. The van der Waals surface area contributed by atoms with Crippen LogP contribution >= 0.6 is 0 Å². The molecule has 0 bridgehead atoms. The van der Waals surface area contributed by atoms with Gasteiger partial charge in [0, 0.05) is 0 Å². The van der Waals surface area contributed by atoms with Gasteiger partial charge in [0.05, 0.1) is 11.5 Å². The number of hydrogen-bond acceptors (Lipinski definition) is 4. The summed E-state index contributed by atoms with van der Waals surface area (Å²) in [5.41, 5.74) is 0. The Balaban J connectivity index is 3.29. The molecule has 0 atom stereocenters. The summed E-state index contributed by atoms with van der Waals surface area (Å²) in [7, 11) is -7.96. The fourth-order valence-electron chi connectivity index (χ4n) is 1.27.